The van der Waals surface area contributed by atoms with E-state index in [1.54, 1.807) is 0 Å². The largest absolute Gasteiger partial charge is 0.466 e. The monoisotopic (exact) mass is 562 g/mol. The number of carbonyl (C=O) groups is 1. The highest BCUT2D eigenvalue weighted by Crippen LogP contribution is 2.29. The fourth-order valence-electron chi connectivity index (χ4n) is 4.35. The molecule has 2 saturated heterocycles. The molecule has 1 N–H and O–H groups in total. The van der Waals surface area contributed by atoms with Crippen molar-refractivity contribution in [1.29, 1.82) is 0 Å². The Morgan fingerprint density at radius 2 is 1.97 bits per heavy atom. The van der Waals surface area contributed by atoms with Gasteiger partial charge in [0.2, 0.25) is 0 Å². The third-order valence-electron chi connectivity index (χ3n) is 6.05. The number of esters is 1. The predicted molar refractivity (Wildman–Crippen MR) is 139 cm³/mol. The van der Waals surface area contributed by atoms with Gasteiger partial charge in [-0.05, 0) is 63.6 Å². The number of benzene rings is 1. The Kier molecular flexibility index (Phi) is 10.7. The molecular formula is C23H36ClIN4O2. The first kappa shape index (κ1) is 26.0. The number of likely N-dealkylation sites (tertiary alicyclic amines) is 1. The maximum Gasteiger partial charge on any atom is 0.309 e. The second-order valence-electron chi connectivity index (χ2n) is 8.24. The fraction of sp³-hybridized carbons (Fsp3) is 0.652. The molecule has 31 heavy (non-hydrogen) atoms. The average Bonchev–Trinajstić information content (AvgIpc) is 3.22. The van der Waals surface area contributed by atoms with Crippen LogP contribution in [-0.2, 0) is 9.53 Å². The molecule has 174 valence electrons. The zero-order valence-corrected chi connectivity index (χ0v) is 22.0. The Hall–Kier alpha value is -1.22. The molecule has 6 nitrogen and oxygen atoms in total. The molecule has 2 fully saturated rings. The minimum atomic E-state index is -0.0542. The van der Waals surface area contributed by atoms with E-state index >= 15 is 0 Å². The summed E-state index contributed by atoms with van der Waals surface area (Å²) in [6, 6.07) is 6.11. The summed E-state index contributed by atoms with van der Waals surface area (Å²) in [5.41, 5.74) is 2.50. The van der Waals surface area contributed by atoms with Crippen molar-refractivity contribution in [3.8, 4) is 0 Å². The van der Waals surface area contributed by atoms with Crippen LogP contribution in [0.4, 0.5) is 5.69 Å². The smallest absolute Gasteiger partial charge is 0.309 e. The number of aryl methyl sites for hydroxylation is 1. The summed E-state index contributed by atoms with van der Waals surface area (Å²) in [5, 5.41) is 4.22. The molecule has 0 amide bonds. The van der Waals surface area contributed by atoms with Gasteiger partial charge >= 0.3 is 5.97 Å². The summed E-state index contributed by atoms with van der Waals surface area (Å²) in [6.07, 6.45) is 2.79. The van der Waals surface area contributed by atoms with Crippen LogP contribution in [0.15, 0.2) is 23.2 Å². The van der Waals surface area contributed by atoms with Crippen molar-refractivity contribution in [2.24, 2.45) is 16.8 Å². The Labute approximate surface area is 208 Å². The quantitative estimate of drug-likeness (QED) is 0.242. The van der Waals surface area contributed by atoms with Crippen LogP contribution in [0.2, 0.25) is 5.02 Å². The Morgan fingerprint density at radius 3 is 2.65 bits per heavy atom. The highest BCUT2D eigenvalue weighted by atomic mass is 127. The summed E-state index contributed by atoms with van der Waals surface area (Å²) in [6.45, 7) is 11.9. The fourth-order valence-corrected chi connectivity index (χ4v) is 4.52. The molecule has 0 radical (unpaired) electrons. The molecule has 1 atom stereocenters. The number of nitrogens with one attached hydrogen (secondary N) is 1. The van der Waals surface area contributed by atoms with Gasteiger partial charge in [-0.3, -0.25) is 9.79 Å². The van der Waals surface area contributed by atoms with Gasteiger partial charge in [0.05, 0.1) is 12.5 Å². The van der Waals surface area contributed by atoms with Crippen molar-refractivity contribution in [3.63, 3.8) is 0 Å². The number of ether oxygens (including phenoxy) is 1. The van der Waals surface area contributed by atoms with Crippen LogP contribution in [0, 0.1) is 18.8 Å². The molecule has 3 rings (SSSR count). The van der Waals surface area contributed by atoms with Crippen LogP contribution < -0.4 is 10.2 Å². The highest BCUT2D eigenvalue weighted by Gasteiger charge is 2.28. The average molecular weight is 563 g/mol. The third-order valence-corrected chi connectivity index (χ3v) is 6.28. The van der Waals surface area contributed by atoms with Crippen LogP contribution in [0.1, 0.15) is 38.7 Å². The SMILES string of the molecule is CCNC(=NCC1CCN(c2cc(Cl)ccc2C)C1)N1CCC(C(=O)OCC)CC1.I. The first-order chi connectivity index (χ1) is 14.5. The zero-order valence-electron chi connectivity index (χ0n) is 18.9. The number of anilines is 1. The molecule has 1 aromatic rings. The number of guanidine groups is 1. The maximum atomic E-state index is 12.0. The van der Waals surface area contributed by atoms with Gasteiger partial charge < -0.3 is 19.9 Å². The third kappa shape index (κ3) is 7.14. The van der Waals surface area contributed by atoms with E-state index in [0.29, 0.717) is 12.5 Å². The molecule has 2 heterocycles. The van der Waals surface area contributed by atoms with E-state index in [0.717, 1.165) is 69.5 Å². The number of hydrogen-bond donors (Lipinski definition) is 1. The van der Waals surface area contributed by atoms with Gasteiger partial charge in [-0.15, -0.1) is 24.0 Å². The van der Waals surface area contributed by atoms with E-state index in [9.17, 15) is 4.79 Å². The van der Waals surface area contributed by atoms with Crippen LogP contribution in [-0.4, -0.2) is 62.7 Å². The first-order valence-corrected chi connectivity index (χ1v) is 11.6. The molecule has 8 heteroatoms. The minimum Gasteiger partial charge on any atom is -0.466 e. The Morgan fingerprint density at radius 1 is 1.23 bits per heavy atom. The van der Waals surface area contributed by atoms with Crippen molar-refractivity contribution >= 4 is 53.2 Å². The van der Waals surface area contributed by atoms with Crippen molar-refractivity contribution in [2.45, 2.75) is 40.0 Å². The van der Waals surface area contributed by atoms with E-state index < -0.39 is 0 Å². The van der Waals surface area contributed by atoms with Crippen molar-refractivity contribution in [3.05, 3.63) is 28.8 Å². The number of aliphatic imine (C=N–C) groups is 1. The van der Waals surface area contributed by atoms with Gasteiger partial charge in [0.15, 0.2) is 5.96 Å². The van der Waals surface area contributed by atoms with Gasteiger partial charge in [0.1, 0.15) is 0 Å². The van der Waals surface area contributed by atoms with E-state index in [2.05, 4.69) is 41.1 Å². The summed E-state index contributed by atoms with van der Waals surface area (Å²) in [5.74, 6) is 1.47. The number of nitrogens with zero attached hydrogens (tertiary/aromatic N) is 3. The number of halogens is 2. The topological polar surface area (TPSA) is 57.2 Å². The van der Waals surface area contributed by atoms with Crippen molar-refractivity contribution in [1.82, 2.24) is 10.2 Å². The molecule has 1 aromatic carbocycles. The summed E-state index contributed by atoms with van der Waals surface area (Å²) in [4.78, 5) is 21.7. The second kappa shape index (κ2) is 12.7. The molecule has 0 aliphatic carbocycles. The summed E-state index contributed by atoms with van der Waals surface area (Å²) < 4.78 is 5.19. The minimum absolute atomic E-state index is 0. The summed E-state index contributed by atoms with van der Waals surface area (Å²) >= 11 is 6.21. The van der Waals surface area contributed by atoms with Gasteiger partial charge in [0.25, 0.3) is 0 Å². The summed E-state index contributed by atoms with van der Waals surface area (Å²) in [7, 11) is 0. The molecule has 2 aliphatic rings. The normalized spacial score (nSPS) is 19.9. The van der Waals surface area contributed by atoms with Gasteiger partial charge in [-0.25, -0.2) is 0 Å². The Balaban J connectivity index is 0.00000341. The number of piperidine rings is 1. The standard InChI is InChI=1S/C23H35ClN4O2.HI/c1-4-25-23(27-12-9-19(10-13-27)22(29)30-5-2)26-15-18-8-11-28(16-18)21-14-20(24)7-6-17(21)3;/h6-7,14,18-19H,4-5,8-13,15-16H2,1-3H3,(H,25,26);1H. The predicted octanol–water partition coefficient (Wildman–Crippen LogP) is 4.33. The highest BCUT2D eigenvalue weighted by molar-refractivity contribution is 14.0. The lowest BCUT2D eigenvalue weighted by Crippen LogP contribution is -2.47. The second-order valence-corrected chi connectivity index (χ2v) is 8.68. The van der Waals surface area contributed by atoms with Crippen molar-refractivity contribution in [2.75, 3.05) is 50.8 Å². The maximum absolute atomic E-state index is 12.0. The molecular weight excluding hydrogens is 527 g/mol. The molecule has 0 bridgehead atoms. The van der Waals surface area contributed by atoms with E-state index in [4.69, 9.17) is 21.3 Å². The van der Waals surface area contributed by atoms with Crippen LogP contribution >= 0.6 is 35.6 Å². The first-order valence-electron chi connectivity index (χ1n) is 11.2. The van der Waals surface area contributed by atoms with Crippen LogP contribution in [0.5, 0.6) is 0 Å². The number of carbonyl (C=O) groups excluding carboxylic acids is 1. The molecule has 0 saturated carbocycles. The van der Waals surface area contributed by atoms with Gasteiger partial charge in [-0.2, -0.15) is 0 Å². The lowest BCUT2D eigenvalue weighted by Gasteiger charge is -2.33. The van der Waals surface area contributed by atoms with Crippen LogP contribution in [0.25, 0.3) is 0 Å². The molecule has 0 aromatic heterocycles. The lowest BCUT2D eigenvalue weighted by atomic mass is 9.97. The molecule has 2 aliphatic heterocycles. The molecule has 0 spiro atoms. The lowest BCUT2D eigenvalue weighted by molar-refractivity contribution is -0.149. The number of rotatable bonds is 6. The Bertz CT molecular complexity index is 753. The van der Waals surface area contributed by atoms with E-state index in [1.165, 1.54) is 11.3 Å². The van der Waals surface area contributed by atoms with E-state index in [-0.39, 0.29) is 35.9 Å². The van der Waals surface area contributed by atoms with Gasteiger partial charge in [0, 0.05) is 50.0 Å². The van der Waals surface area contributed by atoms with Crippen LogP contribution in [0.3, 0.4) is 0 Å². The van der Waals surface area contributed by atoms with E-state index in [1.807, 2.05) is 13.0 Å². The molecule has 1 unspecified atom stereocenters. The zero-order chi connectivity index (χ0) is 21.5. The van der Waals surface area contributed by atoms with Crippen molar-refractivity contribution < 1.29 is 9.53 Å². The van der Waals surface area contributed by atoms with Gasteiger partial charge in [-0.1, -0.05) is 17.7 Å². The number of hydrogen-bond acceptors (Lipinski definition) is 4.